The van der Waals surface area contributed by atoms with E-state index < -0.39 is 9.84 Å². The zero-order valence-corrected chi connectivity index (χ0v) is 14.9. The van der Waals surface area contributed by atoms with Gasteiger partial charge in [-0.05, 0) is 43.7 Å². The summed E-state index contributed by atoms with van der Waals surface area (Å²) in [6.07, 6.45) is 4.72. The van der Waals surface area contributed by atoms with Crippen LogP contribution in [0.2, 0.25) is 0 Å². The lowest BCUT2D eigenvalue weighted by Crippen LogP contribution is -2.23. The summed E-state index contributed by atoms with van der Waals surface area (Å²) in [5.41, 5.74) is 1.28. The summed E-state index contributed by atoms with van der Waals surface area (Å²) in [4.78, 5) is 1.27. The zero-order chi connectivity index (χ0) is 15.7. The molecule has 0 radical (unpaired) electrons. The van der Waals surface area contributed by atoms with Gasteiger partial charge in [0.2, 0.25) is 0 Å². The number of hydrogen-bond acceptors (Lipinski definition) is 4. The number of thioether (sulfide) groups is 1. The van der Waals surface area contributed by atoms with E-state index in [0.717, 1.165) is 19.4 Å². The second kappa shape index (κ2) is 9.49. The van der Waals surface area contributed by atoms with Gasteiger partial charge in [0.15, 0.2) is 0 Å². The number of sulfone groups is 1. The lowest BCUT2D eigenvalue weighted by atomic mass is 10.0. The fraction of sp³-hybridized carbons (Fsp3) is 0.625. The average Bonchev–Trinajstić information content (AvgIpc) is 2.50. The standard InChI is InChI=1S/C16H27NO2S2/c1-4-12-17-15(10-8-13-21(18,19)5-2)14-9-6-7-11-16(14)20-3/h6-7,9,11,15,17H,4-5,8,10,12-13H2,1-3H3. The Bertz CT molecular complexity index is 515. The highest BCUT2D eigenvalue weighted by molar-refractivity contribution is 7.98. The van der Waals surface area contributed by atoms with Crippen molar-refractivity contribution in [3.8, 4) is 0 Å². The number of benzene rings is 1. The van der Waals surface area contributed by atoms with Gasteiger partial charge in [0.1, 0.15) is 9.84 Å². The van der Waals surface area contributed by atoms with Crippen LogP contribution in [0.1, 0.15) is 44.7 Å². The van der Waals surface area contributed by atoms with Crippen molar-refractivity contribution < 1.29 is 8.42 Å². The molecule has 1 atom stereocenters. The maximum atomic E-state index is 11.6. The predicted octanol–water partition coefficient (Wildman–Crippen LogP) is 3.66. The first-order valence-corrected chi connectivity index (χ1v) is 10.6. The minimum absolute atomic E-state index is 0.237. The van der Waals surface area contributed by atoms with Gasteiger partial charge < -0.3 is 5.32 Å². The fourth-order valence-electron chi connectivity index (χ4n) is 2.29. The molecular formula is C16H27NO2S2. The molecule has 0 aliphatic heterocycles. The minimum atomic E-state index is -2.87. The third-order valence-corrected chi connectivity index (χ3v) is 6.14. The van der Waals surface area contributed by atoms with E-state index in [9.17, 15) is 8.42 Å². The molecule has 0 saturated heterocycles. The van der Waals surface area contributed by atoms with Crippen LogP contribution < -0.4 is 5.32 Å². The molecule has 1 N–H and O–H groups in total. The molecule has 0 heterocycles. The van der Waals surface area contributed by atoms with E-state index in [4.69, 9.17) is 0 Å². The molecule has 0 aromatic heterocycles. The summed E-state index contributed by atoms with van der Waals surface area (Å²) < 4.78 is 23.3. The fourth-order valence-corrected chi connectivity index (χ4v) is 3.85. The van der Waals surface area contributed by atoms with Crippen LogP contribution in [0.25, 0.3) is 0 Å². The first-order chi connectivity index (χ1) is 10.0. The van der Waals surface area contributed by atoms with E-state index in [1.54, 1.807) is 18.7 Å². The maximum absolute atomic E-state index is 11.6. The monoisotopic (exact) mass is 329 g/mol. The molecule has 0 saturated carbocycles. The highest BCUT2D eigenvalue weighted by Gasteiger charge is 2.15. The summed E-state index contributed by atoms with van der Waals surface area (Å²) in [5.74, 6) is 0.524. The van der Waals surface area contributed by atoms with Crippen molar-refractivity contribution in [3.63, 3.8) is 0 Å². The average molecular weight is 330 g/mol. The molecule has 0 spiro atoms. The van der Waals surface area contributed by atoms with Crippen molar-refractivity contribution in [1.82, 2.24) is 5.32 Å². The SMILES string of the molecule is CCCNC(CCCS(=O)(=O)CC)c1ccccc1SC. The molecule has 1 aromatic rings. The minimum Gasteiger partial charge on any atom is -0.310 e. The molecule has 0 bridgehead atoms. The van der Waals surface area contributed by atoms with Gasteiger partial charge in [0.25, 0.3) is 0 Å². The summed E-state index contributed by atoms with van der Waals surface area (Å²) >= 11 is 1.74. The van der Waals surface area contributed by atoms with Gasteiger partial charge in [-0.15, -0.1) is 11.8 Å². The molecule has 0 aliphatic carbocycles. The largest absolute Gasteiger partial charge is 0.310 e. The van der Waals surface area contributed by atoms with E-state index in [-0.39, 0.29) is 17.5 Å². The van der Waals surface area contributed by atoms with E-state index in [0.29, 0.717) is 6.42 Å². The Balaban J connectivity index is 2.76. The van der Waals surface area contributed by atoms with Crippen molar-refractivity contribution in [2.45, 2.75) is 44.0 Å². The molecular weight excluding hydrogens is 302 g/mol. The Morgan fingerprint density at radius 2 is 1.95 bits per heavy atom. The van der Waals surface area contributed by atoms with Gasteiger partial charge in [0.05, 0.1) is 5.75 Å². The first-order valence-electron chi connectivity index (χ1n) is 7.60. The van der Waals surface area contributed by atoms with Crippen molar-refractivity contribution in [3.05, 3.63) is 29.8 Å². The molecule has 3 nitrogen and oxygen atoms in total. The highest BCUT2D eigenvalue weighted by Crippen LogP contribution is 2.28. The molecule has 0 fully saturated rings. The molecule has 5 heteroatoms. The molecule has 1 aromatic carbocycles. The first kappa shape index (κ1) is 18.5. The third-order valence-electron chi connectivity index (χ3n) is 3.54. The summed E-state index contributed by atoms with van der Waals surface area (Å²) in [6.45, 7) is 4.81. The molecule has 120 valence electrons. The summed E-state index contributed by atoms with van der Waals surface area (Å²) in [7, 11) is -2.87. The maximum Gasteiger partial charge on any atom is 0.150 e. The molecule has 21 heavy (non-hydrogen) atoms. The van der Waals surface area contributed by atoms with Crippen molar-refractivity contribution in [1.29, 1.82) is 0 Å². The molecule has 1 unspecified atom stereocenters. The molecule has 1 rings (SSSR count). The second-order valence-corrected chi connectivity index (χ2v) is 8.45. The quantitative estimate of drug-likeness (QED) is 0.665. The van der Waals surface area contributed by atoms with E-state index >= 15 is 0 Å². The summed E-state index contributed by atoms with van der Waals surface area (Å²) in [5, 5.41) is 3.56. The topological polar surface area (TPSA) is 46.2 Å². The Hall–Kier alpha value is -0.520. The van der Waals surface area contributed by atoms with E-state index in [2.05, 4.69) is 36.7 Å². The van der Waals surface area contributed by atoms with Gasteiger partial charge in [-0.1, -0.05) is 32.0 Å². The Morgan fingerprint density at radius 1 is 1.24 bits per heavy atom. The van der Waals surface area contributed by atoms with Crippen LogP contribution in [0.15, 0.2) is 29.2 Å². The number of rotatable bonds is 10. The van der Waals surface area contributed by atoms with Crippen LogP contribution in [0.4, 0.5) is 0 Å². The van der Waals surface area contributed by atoms with Crippen LogP contribution in [0.3, 0.4) is 0 Å². The number of hydrogen-bond donors (Lipinski definition) is 1. The van der Waals surface area contributed by atoms with Crippen LogP contribution in [-0.2, 0) is 9.84 Å². The summed E-state index contributed by atoms with van der Waals surface area (Å²) in [6, 6.07) is 8.61. The smallest absolute Gasteiger partial charge is 0.150 e. The van der Waals surface area contributed by atoms with Crippen molar-refractivity contribution >= 4 is 21.6 Å². The van der Waals surface area contributed by atoms with Crippen LogP contribution in [0.5, 0.6) is 0 Å². The van der Waals surface area contributed by atoms with Gasteiger partial charge in [-0.25, -0.2) is 8.42 Å². The van der Waals surface area contributed by atoms with E-state index in [1.807, 2.05) is 6.07 Å². The highest BCUT2D eigenvalue weighted by atomic mass is 32.2. The Morgan fingerprint density at radius 3 is 2.57 bits per heavy atom. The third kappa shape index (κ3) is 6.41. The van der Waals surface area contributed by atoms with Gasteiger partial charge in [-0.3, -0.25) is 0 Å². The normalized spacial score (nSPS) is 13.3. The van der Waals surface area contributed by atoms with Crippen LogP contribution in [-0.4, -0.2) is 32.7 Å². The van der Waals surface area contributed by atoms with Gasteiger partial charge in [0, 0.05) is 16.7 Å². The molecule has 0 amide bonds. The van der Waals surface area contributed by atoms with Crippen LogP contribution in [0, 0.1) is 0 Å². The number of nitrogens with one attached hydrogen (secondary N) is 1. The van der Waals surface area contributed by atoms with Gasteiger partial charge in [-0.2, -0.15) is 0 Å². The van der Waals surface area contributed by atoms with Gasteiger partial charge >= 0.3 is 0 Å². The lowest BCUT2D eigenvalue weighted by Gasteiger charge is -2.21. The van der Waals surface area contributed by atoms with Crippen LogP contribution >= 0.6 is 11.8 Å². The Kier molecular flexibility index (Phi) is 8.37. The van der Waals surface area contributed by atoms with E-state index in [1.165, 1.54) is 10.5 Å². The van der Waals surface area contributed by atoms with Crippen molar-refractivity contribution in [2.75, 3.05) is 24.3 Å². The predicted molar refractivity (Wildman–Crippen MR) is 92.8 cm³/mol. The second-order valence-electron chi connectivity index (χ2n) is 5.13. The molecule has 0 aliphatic rings. The lowest BCUT2D eigenvalue weighted by molar-refractivity contribution is 0.486. The van der Waals surface area contributed by atoms with Crippen molar-refractivity contribution in [2.24, 2.45) is 0 Å². The zero-order valence-electron chi connectivity index (χ0n) is 13.3. The Labute approximate surface area is 133 Å².